The topological polar surface area (TPSA) is 286 Å². The molecule has 4 aromatic heterocycles. The van der Waals surface area contributed by atoms with Gasteiger partial charge in [0.15, 0.2) is 34.0 Å². The lowest BCUT2D eigenvalue weighted by Gasteiger charge is -2.15. The molecule has 2 fully saturated rings. The summed E-state index contributed by atoms with van der Waals surface area (Å²) in [4.78, 5) is 66.6. The second-order valence-corrected chi connectivity index (χ2v) is 29.7. The number of hydrogen-bond acceptors (Lipinski definition) is 19. The number of para-hydroxylation sites is 2. The highest BCUT2D eigenvalue weighted by Gasteiger charge is 2.28. The van der Waals surface area contributed by atoms with Crippen molar-refractivity contribution in [1.29, 1.82) is 0 Å². The van der Waals surface area contributed by atoms with Crippen LogP contribution in [-0.2, 0) is 35.1 Å². The van der Waals surface area contributed by atoms with Crippen LogP contribution in [-0.4, -0.2) is 81.7 Å². The monoisotopic (exact) mass is 1250 g/mol. The number of rotatable bonds is 22. The van der Waals surface area contributed by atoms with E-state index in [-0.39, 0.29) is 34.8 Å². The van der Waals surface area contributed by atoms with Crippen molar-refractivity contribution in [2.45, 2.75) is 89.1 Å². The highest BCUT2D eigenvalue weighted by atomic mass is 31.2. The summed E-state index contributed by atoms with van der Waals surface area (Å²) in [5, 5.41) is 33.2. The number of hydrogen-bond donors (Lipinski definition) is 2. The molecule has 2 aliphatic rings. The van der Waals surface area contributed by atoms with Crippen LogP contribution in [0, 0.1) is 20.2 Å². The third kappa shape index (κ3) is 13.7. The number of nitro groups is 2. The largest absolute Gasteiger partial charge is 0.519 e. The van der Waals surface area contributed by atoms with Crippen LogP contribution in [0.2, 0.25) is 0 Å². The van der Waals surface area contributed by atoms with E-state index in [9.17, 15) is 34.2 Å². The lowest BCUT2D eigenvalue weighted by molar-refractivity contribution is -0.385. The van der Waals surface area contributed by atoms with Crippen LogP contribution in [0.4, 0.5) is 39.2 Å². The predicted octanol–water partition coefficient (Wildman–Crippen LogP) is 14.7. The second-order valence-electron chi connectivity index (χ2n) is 23.2. The lowest BCUT2D eigenvalue weighted by Crippen LogP contribution is -2.14. The van der Waals surface area contributed by atoms with E-state index in [1.807, 2.05) is 81.9 Å². The molecule has 23 nitrogen and oxygen atoms in total. The van der Waals surface area contributed by atoms with Crippen LogP contribution < -0.4 is 40.2 Å². The van der Waals surface area contributed by atoms with Crippen LogP contribution in [0.25, 0.3) is 22.3 Å². The summed E-state index contributed by atoms with van der Waals surface area (Å²) in [6.45, 7) is 7.74. The van der Waals surface area contributed by atoms with Crippen LogP contribution >= 0.6 is 14.3 Å². The van der Waals surface area contributed by atoms with Gasteiger partial charge < -0.3 is 47.8 Å². The molecule has 12 rings (SSSR count). The van der Waals surface area contributed by atoms with E-state index in [4.69, 9.17) is 48.9 Å². The third-order valence-electron chi connectivity index (χ3n) is 16.2. The van der Waals surface area contributed by atoms with E-state index >= 15 is 0 Å². The third-order valence-corrected chi connectivity index (χ3v) is 19.3. The molecule has 0 radical (unpaired) electrons. The Labute approximate surface area is 517 Å². The van der Waals surface area contributed by atoms with E-state index in [0.717, 1.165) is 97.1 Å². The molecular weight excluding hydrogens is 1190 g/mol. The summed E-state index contributed by atoms with van der Waals surface area (Å²) in [5.74, 6) is 2.85. The minimum absolute atomic E-state index is 0.153. The molecule has 460 valence electrons. The number of benzene rings is 6. The second kappa shape index (κ2) is 25.7. The number of nitrogens with one attached hydrogen (secondary N) is 2. The fraction of sp³-hybridized carbons (Fsp3) is 0.277. The maximum atomic E-state index is 13.5. The molecule has 25 heteroatoms. The number of nitrogens with zero attached hydrogens (tertiary/aromatic N) is 10. The standard InChI is InChI=1S/C65H64N12O11P2/c1-89(2,83)49-27-21-45(22-28-49)68-61-57-63(72-59(70-61)43-15-5-6-16-43)74(39-66-57)35-33-41-13-9-11-19-53(41)87-55-37-47(25-31-51(55)76(79)80)85-65(78)86-48-26-32-52(77(81)82)56(38-48)88-54-20-12-10-14-42(54)34-36-75-40-67-58-62(69-46-23-29-50(30-24-46)90(3,4)84)71-60(73-64(58)75)44-17-7-8-18-44/h9-14,19-32,37-40,43-44H,5-8,15-18,33-36H2,1-4H3,(H,68,70,72)(H,69,71,73). The predicted molar refractivity (Wildman–Crippen MR) is 344 cm³/mol. The Kier molecular flexibility index (Phi) is 17.3. The van der Waals surface area contributed by atoms with Gasteiger partial charge in [-0.05, 0) is 149 Å². The van der Waals surface area contributed by atoms with Crippen molar-refractivity contribution in [3.05, 3.63) is 189 Å². The first kappa shape index (κ1) is 60.4. The summed E-state index contributed by atoms with van der Waals surface area (Å²) < 4.78 is 53.0. The summed E-state index contributed by atoms with van der Waals surface area (Å²) in [6.07, 6.45) is 11.2. The number of carbonyl (C=O) groups is 1. The Morgan fingerprint density at radius 2 is 0.922 bits per heavy atom. The van der Waals surface area contributed by atoms with Gasteiger partial charge in [0.25, 0.3) is 0 Å². The summed E-state index contributed by atoms with van der Waals surface area (Å²) >= 11 is 0. The number of carbonyl (C=O) groups excluding carboxylic acids is 1. The summed E-state index contributed by atoms with van der Waals surface area (Å²) in [5.41, 5.74) is 4.56. The molecule has 2 saturated carbocycles. The molecule has 0 amide bonds. The summed E-state index contributed by atoms with van der Waals surface area (Å²) in [7, 11) is -4.90. The van der Waals surface area contributed by atoms with Crippen molar-refractivity contribution < 1.29 is 42.7 Å². The van der Waals surface area contributed by atoms with Crippen molar-refractivity contribution in [2.75, 3.05) is 37.3 Å². The van der Waals surface area contributed by atoms with Crippen molar-refractivity contribution in [3.63, 3.8) is 0 Å². The van der Waals surface area contributed by atoms with Crippen LogP contribution in [0.1, 0.15) is 86.0 Å². The lowest BCUT2D eigenvalue weighted by atomic mass is 10.1. The van der Waals surface area contributed by atoms with Gasteiger partial charge in [-0.15, -0.1) is 0 Å². The van der Waals surface area contributed by atoms with Gasteiger partial charge in [-0.1, -0.05) is 62.1 Å². The molecule has 0 saturated heterocycles. The molecule has 6 aromatic carbocycles. The first-order valence-electron chi connectivity index (χ1n) is 29.7. The van der Waals surface area contributed by atoms with Gasteiger partial charge in [0.05, 0.1) is 22.5 Å². The molecule has 2 N–H and O–H groups in total. The van der Waals surface area contributed by atoms with Crippen LogP contribution in [0.5, 0.6) is 34.5 Å². The van der Waals surface area contributed by atoms with Gasteiger partial charge in [0, 0.05) is 71.2 Å². The van der Waals surface area contributed by atoms with Gasteiger partial charge in [-0.3, -0.25) is 20.2 Å². The molecule has 0 bridgehead atoms. The Balaban J connectivity index is 0.731. The smallest absolute Gasteiger partial charge is 0.450 e. The van der Waals surface area contributed by atoms with E-state index in [0.29, 0.717) is 82.5 Å². The molecule has 0 unspecified atom stereocenters. The quantitative estimate of drug-likeness (QED) is 0.0210. The number of nitro benzene ring substituents is 2. The molecule has 10 aromatic rings. The van der Waals surface area contributed by atoms with Crippen LogP contribution in [0.15, 0.2) is 146 Å². The van der Waals surface area contributed by atoms with E-state index < -0.39 is 41.7 Å². The zero-order valence-electron chi connectivity index (χ0n) is 49.9. The SMILES string of the molecule is CP(C)(=O)c1ccc(Nc2nc(C3CCCC3)nc3c2ncn3CCc2ccccc2Oc2cc(OC(=O)Oc3ccc([N+](=O)[O-])c(Oc4ccccc4CCn4cnc5c(Nc6ccc(P(C)(C)=O)cc6)nc(C6CCCC6)nc54)c3)ccc2[N+](=O)[O-])cc1. The van der Waals surface area contributed by atoms with E-state index in [1.165, 1.54) is 24.3 Å². The van der Waals surface area contributed by atoms with Gasteiger partial charge in [-0.25, -0.2) is 34.7 Å². The number of fused-ring (bicyclic) bond motifs is 2. The molecule has 4 heterocycles. The van der Waals surface area contributed by atoms with Crippen molar-refractivity contribution in [3.8, 4) is 34.5 Å². The molecule has 90 heavy (non-hydrogen) atoms. The first-order valence-corrected chi connectivity index (χ1v) is 34.9. The number of ether oxygens (including phenoxy) is 4. The highest BCUT2D eigenvalue weighted by molar-refractivity contribution is 7.70. The van der Waals surface area contributed by atoms with Crippen molar-refractivity contribution in [1.82, 2.24) is 39.0 Å². The Morgan fingerprint density at radius 3 is 1.30 bits per heavy atom. The first-order chi connectivity index (χ1) is 43.4. The minimum Gasteiger partial charge on any atom is -0.450 e. The highest BCUT2D eigenvalue weighted by Crippen LogP contribution is 2.42. The van der Waals surface area contributed by atoms with E-state index in [1.54, 1.807) is 63.6 Å². The van der Waals surface area contributed by atoms with Crippen molar-refractivity contribution in [2.24, 2.45) is 0 Å². The van der Waals surface area contributed by atoms with E-state index in [2.05, 4.69) is 10.6 Å². The fourth-order valence-electron chi connectivity index (χ4n) is 11.4. The molecule has 0 aliphatic heterocycles. The van der Waals surface area contributed by atoms with Gasteiger partial charge in [-0.2, -0.15) is 0 Å². The minimum atomic E-state index is -2.45. The maximum Gasteiger partial charge on any atom is 0.519 e. The zero-order valence-corrected chi connectivity index (χ0v) is 51.6. The van der Waals surface area contributed by atoms with Gasteiger partial charge >= 0.3 is 17.5 Å². The Morgan fingerprint density at radius 1 is 0.533 bits per heavy atom. The zero-order chi connectivity index (χ0) is 62.7. The number of imidazole rings is 2. The fourth-order valence-corrected chi connectivity index (χ4v) is 13.1. The number of aryl methyl sites for hydroxylation is 4. The Bertz CT molecular complexity index is 4180. The van der Waals surface area contributed by atoms with Crippen LogP contribution in [0.3, 0.4) is 0 Å². The number of anilines is 4. The normalized spacial score (nSPS) is 13.8. The Hall–Kier alpha value is -9.85. The maximum absolute atomic E-state index is 13.5. The molecular formula is C65H64N12O11P2. The van der Waals surface area contributed by atoms with Gasteiger partial charge in [0.1, 0.15) is 48.9 Å². The molecule has 2 aliphatic carbocycles. The van der Waals surface area contributed by atoms with Crippen molar-refractivity contribution >= 4 is 87.8 Å². The molecule has 0 spiro atoms. The average molecular weight is 1250 g/mol. The average Bonchev–Trinajstić information content (AvgIpc) is 1.89. The number of aromatic nitrogens is 8. The molecule has 0 atom stereocenters. The van der Waals surface area contributed by atoms with Gasteiger partial charge in [0.2, 0.25) is 11.5 Å². The summed E-state index contributed by atoms with van der Waals surface area (Å²) in [6, 6.07) is 36.3.